The largest absolute Gasteiger partial charge is 0.328 e. The van der Waals surface area contributed by atoms with Gasteiger partial charge >= 0.3 is 0 Å². The van der Waals surface area contributed by atoms with Crippen LogP contribution in [0.3, 0.4) is 0 Å². The summed E-state index contributed by atoms with van der Waals surface area (Å²) in [6.45, 7) is 12.0. The summed E-state index contributed by atoms with van der Waals surface area (Å²) < 4.78 is 0. The van der Waals surface area contributed by atoms with Crippen molar-refractivity contribution in [1.82, 2.24) is 4.90 Å². The van der Waals surface area contributed by atoms with Crippen LogP contribution in [0.4, 0.5) is 0 Å². The summed E-state index contributed by atoms with van der Waals surface area (Å²) in [5.74, 6) is 1.62. The van der Waals surface area contributed by atoms with Crippen LogP contribution >= 0.6 is 0 Å². The van der Waals surface area contributed by atoms with Gasteiger partial charge < -0.3 is 10.6 Å². The number of hydrogen-bond acceptors (Lipinski definition) is 2. The first-order valence-corrected chi connectivity index (χ1v) is 7.37. The number of nitrogens with zero attached hydrogens (tertiary/aromatic N) is 1. The van der Waals surface area contributed by atoms with Crippen molar-refractivity contribution in [3.8, 4) is 0 Å². The van der Waals surface area contributed by atoms with Crippen LogP contribution in [0, 0.1) is 17.3 Å². The van der Waals surface area contributed by atoms with E-state index >= 15 is 0 Å². The molecule has 0 aromatic rings. The number of likely N-dealkylation sites (tertiary alicyclic amines) is 1. The molecule has 0 aromatic heterocycles. The van der Waals surface area contributed by atoms with E-state index < -0.39 is 0 Å². The van der Waals surface area contributed by atoms with E-state index in [1.165, 1.54) is 38.8 Å². The van der Waals surface area contributed by atoms with E-state index in [4.69, 9.17) is 5.73 Å². The molecule has 2 rings (SSSR count). The molecule has 1 aliphatic heterocycles. The van der Waals surface area contributed by atoms with Crippen molar-refractivity contribution in [3.63, 3.8) is 0 Å². The molecule has 1 saturated heterocycles. The minimum atomic E-state index is 0.369. The van der Waals surface area contributed by atoms with Crippen molar-refractivity contribution in [2.45, 2.75) is 65.5 Å². The third-order valence-electron chi connectivity index (χ3n) is 4.88. The molecule has 17 heavy (non-hydrogen) atoms. The van der Waals surface area contributed by atoms with Crippen molar-refractivity contribution < 1.29 is 0 Å². The van der Waals surface area contributed by atoms with Crippen LogP contribution < -0.4 is 5.73 Å². The van der Waals surface area contributed by atoms with Gasteiger partial charge in [0.1, 0.15) is 0 Å². The molecule has 2 nitrogen and oxygen atoms in total. The molecule has 0 amide bonds. The van der Waals surface area contributed by atoms with Crippen molar-refractivity contribution in [1.29, 1.82) is 0 Å². The van der Waals surface area contributed by atoms with Gasteiger partial charge in [-0.3, -0.25) is 0 Å². The van der Waals surface area contributed by atoms with Gasteiger partial charge in [-0.2, -0.15) is 0 Å². The van der Waals surface area contributed by atoms with Crippen molar-refractivity contribution in [2.24, 2.45) is 23.0 Å². The summed E-state index contributed by atoms with van der Waals surface area (Å²) in [6, 6.07) is 1.19. The Morgan fingerprint density at radius 1 is 1.29 bits per heavy atom. The summed E-state index contributed by atoms with van der Waals surface area (Å²) in [7, 11) is 0. The second-order valence-corrected chi connectivity index (χ2v) is 7.47. The van der Waals surface area contributed by atoms with Crippen molar-refractivity contribution in [3.05, 3.63) is 0 Å². The summed E-state index contributed by atoms with van der Waals surface area (Å²) in [5.41, 5.74) is 6.58. The second-order valence-electron chi connectivity index (χ2n) is 7.47. The summed E-state index contributed by atoms with van der Waals surface area (Å²) in [4.78, 5) is 2.73. The Hall–Kier alpha value is -0.0800. The van der Waals surface area contributed by atoms with Crippen LogP contribution in [0.25, 0.3) is 0 Å². The molecule has 2 N–H and O–H groups in total. The molecule has 1 heterocycles. The lowest BCUT2D eigenvalue weighted by molar-refractivity contribution is 0.0790. The monoisotopic (exact) mass is 238 g/mol. The Labute approximate surface area is 107 Å². The predicted molar refractivity (Wildman–Crippen MR) is 73.9 cm³/mol. The maximum Gasteiger partial charge on any atom is 0.0103 e. The predicted octanol–water partition coefficient (Wildman–Crippen LogP) is 2.87. The Bertz CT molecular complexity index is 260. The van der Waals surface area contributed by atoms with Crippen LogP contribution in [-0.4, -0.2) is 30.1 Å². The molecule has 0 radical (unpaired) electrons. The first kappa shape index (κ1) is 13.4. The molecule has 2 fully saturated rings. The number of hydrogen-bond donors (Lipinski definition) is 1. The van der Waals surface area contributed by atoms with Crippen LogP contribution in [0.2, 0.25) is 0 Å². The molecule has 0 aromatic carbocycles. The second kappa shape index (κ2) is 4.89. The van der Waals surface area contributed by atoms with Gasteiger partial charge in [0.05, 0.1) is 0 Å². The molecule has 4 atom stereocenters. The lowest BCUT2D eigenvalue weighted by Gasteiger charge is -2.43. The lowest BCUT2D eigenvalue weighted by Crippen LogP contribution is -2.43. The maximum absolute atomic E-state index is 6.04. The van der Waals surface area contributed by atoms with Crippen LogP contribution in [0.1, 0.15) is 53.4 Å². The van der Waals surface area contributed by atoms with Gasteiger partial charge in [0.25, 0.3) is 0 Å². The summed E-state index contributed by atoms with van der Waals surface area (Å²) >= 11 is 0. The van der Waals surface area contributed by atoms with Gasteiger partial charge in [0.2, 0.25) is 0 Å². The molecule has 2 aliphatic rings. The fraction of sp³-hybridized carbons (Fsp3) is 1.00. The first-order chi connectivity index (χ1) is 7.87. The minimum Gasteiger partial charge on any atom is -0.328 e. The van der Waals surface area contributed by atoms with Gasteiger partial charge in [-0.25, -0.2) is 0 Å². The van der Waals surface area contributed by atoms with Crippen LogP contribution in [0.5, 0.6) is 0 Å². The third-order valence-corrected chi connectivity index (χ3v) is 4.88. The standard InChI is InChI=1S/C15H30N2/c1-11-7-14(9-15(3,4)8-11)17-6-5-13(10-17)12(2)16/h11-14H,5-10,16H2,1-4H3. The van der Waals surface area contributed by atoms with Gasteiger partial charge in [0.15, 0.2) is 0 Å². The minimum absolute atomic E-state index is 0.369. The van der Waals surface area contributed by atoms with Crippen molar-refractivity contribution >= 4 is 0 Å². The van der Waals surface area contributed by atoms with Crippen LogP contribution in [-0.2, 0) is 0 Å². The zero-order valence-electron chi connectivity index (χ0n) is 12.1. The topological polar surface area (TPSA) is 29.3 Å². The lowest BCUT2D eigenvalue weighted by atomic mass is 9.70. The summed E-state index contributed by atoms with van der Waals surface area (Å²) in [6.07, 6.45) is 5.48. The summed E-state index contributed by atoms with van der Waals surface area (Å²) in [5, 5.41) is 0. The van der Waals surface area contributed by atoms with Crippen LogP contribution in [0.15, 0.2) is 0 Å². The average Bonchev–Trinajstić information content (AvgIpc) is 2.62. The number of rotatable bonds is 2. The van der Waals surface area contributed by atoms with E-state index in [2.05, 4.69) is 32.6 Å². The molecule has 4 unspecified atom stereocenters. The first-order valence-electron chi connectivity index (χ1n) is 7.37. The highest BCUT2D eigenvalue weighted by Crippen LogP contribution is 2.41. The van der Waals surface area contributed by atoms with E-state index in [0.717, 1.165) is 17.9 Å². The molecular weight excluding hydrogens is 208 g/mol. The Kier molecular flexibility index (Phi) is 3.84. The van der Waals surface area contributed by atoms with E-state index in [1.54, 1.807) is 0 Å². The van der Waals surface area contributed by atoms with Gasteiger partial charge in [-0.1, -0.05) is 20.8 Å². The normalized spacial score (nSPS) is 40.4. The Morgan fingerprint density at radius 2 is 2.00 bits per heavy atom. The molecule has 1 saturated carbocycles. The molecule has 2 heteroatoms. The maximum atomic E-state index is 6.04. The SMILES string of the molecule is CC1CC(N2CCC(C(C)N)C2)CC(C)(C)C1. The highest BCUT2D eigenvalue weighted by molar-refractivity contribution is 4.92. The molecule has 100 valence electrons. The van der Waals surface area contributed by atoms with Gasteiger partial charge in [-0.05, 0) is 56.4 Å². The van der Waals surface area contributed by atoms with E-state index in [-0.39, 0.29) is 0 Å². The average molecular weight is 238 g/mol. The highest BCUT2D eigenvalue weighted by Gasteiger charge is 2.37. The zero-order chi connectivity index (χ0) is 12.6. The molecule has 0 spiro atoms. The smallest absolute Gasteiger partial charge is 0.0103 e. The van der Waals surface area contributed by atoms with Gasteiger partial charge in [0, 0.05) is 18.6 Å². The van der Waals surface area contributed by atoms with E-state index in [1.807, 2.05) is 0 Å². The van der Waals surface area contributed by atoms with E-state index in [9.17, 15) is 0 Å². The fourth-order valence-electron chi connectivity index (χ4n) is 4.15. The van der Waals surface area contributed by atoms with Gasteiger partial charge in [-0.15, -0.1) is 0 Å². The van der Waals surface area contributed by atoms with Crippen molar-refractivity contribution in [2.75, 3.05) is 13.1 Å². The molecule has 0 bridgehead atoms. The highest BCUT2D eigenvalue weighted by atomic mass is 15.2. The Morgan fingerprint density at radius 3 is 2.53 bits per heavy atom. The quantitative estimate of drug-likeness (QED) is 0.801. The zero-order valence-corrected chi connectivity index (χ0v) is 12.1. The Balaban J connectivity index is 1.94. The van der Waals surface area contributed by atoms with E-state index in [0.29, 0.717) is 11.5 Å². The molecular formula is C15H30N2. The number of nitrogens with two attached hydrogens (primary N) is 1. The third kappa shape index (κ3) is 3.23. The molecule has 1 aliphatic carbocycles. The fourth-order valence-corrected chi connectivity index (χ4v) is 4.15.